The van der Waals surface area contributed by atoms with E-state index in [4.69, 9.17) is 19.6 Å². The molecule has 0 saturated heterocycles. The highest BCUT2D eigenvalue weighted by atomic mass is 17.2. The van der Waals surface area contributed by atoms with Gasteiger partial charge >= 0.3 is 5.97 Å². The fourth-order valence-electron chi connectivity index (χ4n) is 3.20. The number of carbonyl (C=O) groups is 1. The molecular formula is C24H42O5. The quantitative estimate of drug-likeness (QED) is 0.281. The van der Waals surface area contributed by atoms with E-state index >= 15 is 0 Å². The summed E-state index contributed by atoms with van der Waals surface area (Å²) >= 11 is 0. The van der Waals surface area contributed by atoms with Crippen LogP contribution < -0.4 is 4.74 Å². The lowest BCUT2D eigenvalue weighted by Gasteiger charge is -2.24. The van der Waals surface area contributed by atoms with E-state index in [1.165, 1.54) is 0 Å². The predicted octanol–water partition coefficient (Wildman–Crippen LogP) is 6.23. The molecule has 0 amide bonds. The van der Waals surface area contributed by atoms with Gasteiger partial charge in [-0.3, -0.25) is 0 Å². The van der Waals surface area contributed by atoms with E-state index in [2.05, 4.69) is 55.4 Å². The lowest BCUT2D eigenvalue weighted by Crippen LogP contribution is -2.18. The molecule has 0 heterocycles. The van der Waals surface area contributed by atoms with Crippen molar-refractivity contribution < 1.29 is 24.4 Å². The third-order valence-electron chi connectivity index (χ3n) is 3.82. The van der Waals surface area contributed by atoms with Gasteiger partial charge < -0.3 is 9.84 Å². The lowest BCUT2D eigenvalue weighted by molar-refractivity contribution is -0.307. The third kappa shape index (κ3) is 19.5. The zero-order chi connectivity index (χ0) is 22.5. The smallest absolute Gasteiger partial charge is 0.341 e. The number of benzene rings is 1. The van der Waals surface area contributed by atoms with Crippen molar-refractivity contribution in [3.63, 3.8) is 0 Å². The number of carboxylic acids is 1. The van der Waals surface area contributed by atoms with E-state index in [0.29, 0.717) is 41.6 Å². The molecule has 0 aliphatic carbocycles. The molecule has 0 saturated carbocycles. The van der Waals surface area contributed by atoms with Gasteiger partial charge in [0.15, 0.2) is 6.61 Å². The summed E-state index contributed by atoms with van der Waals surface area (Å²) in [7, 11) is 0. The van der Waals surface area contributed by atoms with E-state index < -0.39 is 5.97 Å². The number of carboxylic acid groups (broad SMARTS) is 1. The van der Waals surface area contributed by atoms with Crippen molar-refractivity contribution in [1.82, 2.24) is 0 Å². The minimum Gasteiger partial charge on any atom is -0.482 e. The van der Waals surface area contributed by atoms with E-state index in [-0.39, 0.29) is 6.61 Å². The molecule has 5 nitrogen and oxygen atoms in total. The Balaban J connectivity index is 0.000000604. The molecule has 0 bridgehead atoms. The molecule has 2 unspecified atom stereocenters. The molecule has 1 aromatic carbocycles. The van der Waals surface area contributed by atoms with E-state index in [1.54, 1.807) is 24.3 Å². The van der Waals surface area contributed by atoms with Crippen LogP contribution in [0.2, 0.25) is 0 Å². The van der Waals surface area contributed by atoms with Crippen LogP contribution in [0.15, 0.2) is 30.3 Å². The minimum absolute atomic E-state index is 0.288. The highest BCUT2D eigenvalue weighted by Gasteiger charge is 2.17. The van der Waals surface area contributed by atoms with Gasteiger partial charge in [-0.15, -0.1) is 0 Å². The van der Waals surface area contributed by atoms with Gasteiger partial charge in [-0.1, -0.05) is 73.6 Å². The topological polar surface area (TPSA) is 65.0 Å². The average molecular weight is 411 g/mol. The molecule has 1 rings (SSSR count). The number of ether oxygens (including phenoxy) is 1. The molecular weight excluding hydrogens is 368 g/mol. The van der Waals surface area contributed by atoms with Crippen molar-refractivity contribution in [3.8, 4) is 5.75 Å². The number of hydrogen-bond acceptors (Lipinski definition) is 4. The highest BCUT2D eigenvalue weighted by molar-refractivity contribution is 5.68. The Morgan fingerprint density at radius 1 is 0.862 bits per heavy atom. The van der Waals surface area contributed by atoms with E-state index in [1.807, 2.05) is 6.07 Å². The molecule has 0 radical (unpaired) electrons. The summed E-state index contributed by atoms with van der Waals surface area (Å²) in [4.78, 5) is 20.7. The molecule has 0 spiro atoms. The molecule has 0 aliphatic heterocycles. The van der Waals surface area contributed by atoms with Crippen LogP contribution in [0.3, 0.4) is 0 Å². The Hall–Kier alpha value is -1.59. The maximum absolute atomic E-state index is 10.0. The summed E-state index contributed by atoms with van der Waals surface area (Å²) in [6, 6.07) is 8.84. The van der Waals surface area contributed by atoms with Crippen LogP contribution >= 0.6 is 0 Å². The van der Waals surface area contributed by atoms with Gasteiger partial charge in [-0.25, -0.2) is 14.6 Å². The molecule has 0 aliphatic rings. The lowest BCUT2D eigenvalue weighted by atomic mass is 9.86. The Kier molecular flexibility index (Phi) is 12.9. The van der Waals surface area contributed by atoms with E-state index in [9.17, 15) is 4.79 Å². The van der Waals surface area contributed by atoms with Crippen LogP contribution in [-0.4, -0.2) is 30.9 Å². The Morgan fingerprint density at radius 2 is 1.28 bits per heavy atom. The normalized spacial score (nSPS) is 13.8. The molecule has 0 fully saturated rings. The fourth-order valence-corrected chi connectivity index (χ4v) is 3.20. The Labute approximate surface area is 177 Å². The third-order valence-corrected chi connectivity index (χ3v) is 3.82. The van der Waals surface area contributed by atoms with Gasteiger partial charge in [0, 0.05) is 0 Å². The number of hydrogen-bond donors (Lipinski definition) is 1. The van der Waals surface area contributed by atoms with Crippen molar-refractivity contribution in [2.75, 3.05) is 19.8 Å². The molecule has 1 aromatic rings. The SMILES string of the molecule is CC(COOCC(C)CC(C)(C)C)CC(C)(C)C.O=C(O)COc1ccccc1. The minimum atomic E-state index is -0.964. The van der Waals surface area contributed by atoms with Crippen LogP contribution in [0.25, 0.3) is 0 Å². The van der Waals surface area contributed by atoms with Gasteiger partial charge in [-0.2, -0.15) is 0 Å². The number of rotatable bonds is 10. The number of para-hydroxylation sites is 1. The largest absolute Gasteiger partial charge is 0.482 e. The molecule has 5 heteroatoms. The molecule has 29 heavy (non-hydrogen) atoms. The average Bonchev–Trinajstić information content (AvgIpc) is 2.55. The van der Waals surface area contributed by atoms with Gasteiger partial charge in [0.25, 0.3) is 0 Å². The second-order valence-corrected chi connectivity index (χ2v) is 10.3. The van der Waals surface area contributed by atoms with Crippen molar-refractivity contribution >= 4 is 5.97 Å². The molecule has 168 valence electrons. The van der Waals surface area contributed by atoms with Crippen molar-refractivity contribution in [2.24, 2.45) is 22.7 Å². The second kappa shape index (κ2) is 13.6. The second-order valence-electron chi connectivity index (χ2n) is 10.3. The first kappa shape index (κ1) is 27.4. The molecule has 2 atom stereocenters. The van der Waals surface area contributed by atoms with Crippen LogP contribution in [-0.2, 0) is 14.6 Å². The summed E-state index contributed by atoms with van der Waals surface area (Å²) < 4.78 is 4.87. The van der Waals surface area contributed by atoms with Gasteiger partial charge in [0.05, 0.1) is 13.2 Å². The van der Waals surface area contributed by atoms with E-state index in [0.717, 1.165) is 12.8 Å². The zero-order valence-electron chi connectivity index (χ0n) is 19.7. The van der Waals surface area contributed by atoms with Crippen LogP contribution in [0, 0.1) is 22.7 Å². The first-order chi connectivity index (χ1) is 13.3. The summed E-state index contributed by atoms with van der Waals surface area (Å²) in [6.45, 7) is 19.1. The predicted molar refractivity (Wildman–Crippen MR) is 118 cm³/mol. The molecule has 0 aromatic heterocycles. The Morgan fingerprint density at radius 3 is 1.62 bits per heavy atom. The summed E-state index contributed by atoms with van der Waals surface area (Å²) in [6.07, 6.45) is 2.32. The summed E-state index contributed by atoms with van der Waals surface area (Å²) in [5.41, 5.74) is 0.727. The standard InChI is InChI=1S/C16H34O2.C8H8O3/c1-13(9-15(3,4)5)11-17-18-12-14(2)10-16(6,7)8;9-8(10)6-11-7-4-2-1-3-5-7/h13-14H,9-12H2,1-8H3;1-5H,6H2,(H,9,10). The number of aliphatic carboxylic acids is 1. The van der Waals surface area contributed by atoms with Crippen molar-refractivity contribution in [1.29, 1.82) is 0 Å². The first-order valence-corrected chi connectivity index (χ1v) is 10.4. The van der Waals surface area contributed by atoms with Crippen molar-refractivity contribution in [2.45, 2.75) is 68.2 Å². The summed E-state index contributed by atoms with van der Waals surface area (Å²) in [5.74, 6) is 0.703. The van der Waals surface area contributed by atoms with Crippen LogP contribution in [0.1, 0.15) is 68.2 Å². The maximum atomic E-state index is 10.0. The van der Waals surface area contributed by atoms with Crippen LogP contribution in [0.4, 0.5) is 0 Å². The highest BCUT2D eigenvalue weighted by Crippen LogP contribution is 2.25. The van der Waals surface area contributed by atoms with Crippen LogP contribution in [0.5, 0.6) is 5.75 Å². The summed E-state index contributed by atoms with van der Waals surface area (Å²) in [5, 5.41) is 8.25. The van der Waals surface area contributed by atoms with Gasteiger partial charge in [0.2, 0.25) is 0 Å². The maximum Gasteiger partial charge on any atom is 0.341 e. The zero-order valence-corrected chi connectivity index (χ0v) is 19.7. The monoisotopic (exact) mass is 410 g/mol. The Bertz CT molecular complexity index is 519. The van der Waals surface area contributed by atoms with Crippen molar-refractivity contribution in [3.05, 3.63) is 30.3 Å². The fraction of sp³-hybridized carbons (Fsp3) is 0.708. The first-order valence-electron chi connectivity index (χ1n) is 10.4. The molecule has 1 N–H and O–H groups in total. The van der Waals surface area contributed by atoms with Gasteiger partial charge in [0.1, 0.15) is 5.75 Å². The van der Waals surface area contributed by atoms with Gasteiger partial charge in [-0.05, 0) is 47.6 Å².